The van der Waals surface area contributed by atoms with E-state index >= 15 is 0 Å². The molecule has 0 spiro atoms. The van der Waals surface area contributed by atoms with E-state index in [1.165, 1.54) is 27.9 Å². The van der Waals surface area contributed by atoms with Gasteiger partial charge in [0.1, 0.15) is 17.4 Å². The number of carbonyl (C=O) groups excluding carboxylic acids is 1. The summed E-state index contributed by atoms with van der Waals surface area (Å²) in [7, 11) is 0. The number of amidine groups is 2. The standard InChI is InChI=1S/C30H25N5O2S/c1-19-8-7-10-21(14-19)16-34-17-22(23-11-4-5-12-25(23)34)15-24-28(31)35-30(32-29(24)36)38-27(33-35)18-37-26-13-6-3-9-20(26)2/h3-15,17,31H,16,18H2,1-2H3. The first-order valence-electron chi connectivity index (χ1n) is 12.3. The smallest absolute Gasteiger partial charge is 0.283 e. The second-order valence-corrected chi connectivity index (χ2v) is 10.3. The number of hydrazone groups is 1. The largest absolute Gasteiger partial charge is 0.486 e. The molecular weight excluding hydrogens is 494 g/mol. The highest BCUT2D eigenvalue weighted by Gasteiger charge is 2.36. The number of aromatic nitrogens is 1. The van der Waals surface area contributed by atoms with E-state index in [2.05, 4.69) is 51.9 Å². The minimum atomic E-state index is -0.444. The molecule has 1 amide bonds. The first-order chi connectivity index (χ1) is 18.5. The number of nitrogens with zero attached hydrogens (tertiary/aromatic N) is 4. The third-order valence-corrected chi connectivity index (χ3v) is 7.38. The average molecular weight is 520 g/mol. The molecule has 4 aromatic rings. The number of rotatable bonds is 6. The van der Waals surface area contributed by atoms with Crippen molar-refractivity contribution in [3.05, 3.63) is 107 Å². The van der Waals surface area contributed by atoms with Crippen LogP contribution in [0.2, 0.25) is 0 Å². The fraction of sp³-hybridized carbons (Fsp3) is 0.133. The molecule has 0 radical (unpaired) electrons. The van der Waals surface area contributed by atoms with E-state index in [0.29, 0.717) is 16.8 Å². The molecule has 38 heavy (non-hydrogen) atoms. The molecule has 2 aliphatic heterocycles. The van der Waals surface area contributed by atoms with Crippen LogP contribution in [0.25, 0.3) is 17.0 Å². The van der Waals surface area contributed by atoms with Gasteiger partial charge in [0.2, 0.25) is 5.17 Å². The number of benzene rings is 3. The van der Waals surface area contributed by atoms with Gasteiger partial charge in [0.25, 0.3) is 5.91 Å². The first kappa shape index (κ1) is 23.9. The number of hydrogen-bond acceptors (Lipinski definition) is 5. The SMILES string of the molecule is Cc1cccc(Cn2cc(C=C3C(=N)N4N=C(COc5ccccc5C)SC4=NC3=O)c3ccccc32)c1. The molecule has 3 heterocycles. The summed E-state index contributed by atoms with van der Waals surface area (Å²) in [6.07, 6.45) is 3.78. The van der Waals surface area contributed by atoms with Crippen LogP contribution >= 0.6 is 11.8 Å². The van der Waals surface area contributed by atoms with Gasteiger partial charge < -0.3 is 9.30 Å². The number of amides is 1. The summed E-state index contributed by atoms with van der Waals surface area (Å²) in [5.74, 6) is 0.339. The van der Waals surface area contributed by atoms with Crippen molar-refractivity contribution in [2.45, 2.75) is 20.4 Å². The molecule has 8 heteroatoms. The van der Waals surface area contributed by atoms with Crippen LogP contribution in [0.15, 0.2) is 94.7 Å². The summed E-state index contributed by atoms with van der Waals surface area (Å²) in [6.45, 7) is 5.01. The zero-order valence-corrected chi connectivity index (χ0v) is 21.8. The van der Waals surface area contributed by atoms with Crippen molar-refractivity contribution in [1.29, 1.82) is 5.41 Å². The quantitative estimate of drug-likeness (QED) is 0.317. The van der Waals surface area contributed by atoms with E-state index in [-0.39, 0.29) is 18.0 Å². The number of nitrogens with one attached hydrogen (secondary N) is 1. The lowest BCUT2D eigenvalue weighted by molar-refractivity contribution is -0.114. The summed E-state index contributed by atoms with van der Waals surface area (Å²) in [5.41, 5.74) is 5.57. The molecule has 2 aliphatic rings. The average Bonchev–Trinajstić information content (AvgIpc) is 3.47. The molecule has 0 atom stereocenters. The van der Waals surface area contributed by atoms with E-state index in [1.54, 1.807) is 6.08 Å². The summed E-state index contributed by atoms with van der Waals surface area (Å²) in [4.78, 5) is 17.3. The Morgan fingerprint density at radius 3 is 2.68 bits per heavy atom. The van der Waals surface area contributed by atoms with Crippen molar-refractivity contribution in [3.63, 3.8) is 0 Å². The van der Waals surface area contributed by atoms with Crippen molar-refractivity contribution in [2.24, 2.45) is 10.1 Å². The lowest BCUT2D eigenvalue weighted by atomic mass is 10.1. The highest BCUT2D eigenvalue weighted by atomic mass is 32.2. The molecule has 0 aliphatic carbocycles. The Labute approximate surface area is 224 Å². The van der Waals surface area contributed by atoms with Crippen molar-refractivity contribution in [2.75, 3.05) is 6.61 Å². The number of para-hydroxylation sites is 2. The van der Waals surface area contributed by atoms with Crippen LogP contribution in [0.4, 0.5) is 0 Å². The molecule has 0 fully saturated rings. The van der Waals surface area contributed by atoms with Crippen LogP contribution in [0, 0.1) is 19.3 Å². The summed E-state index contributed by atoms with van der Waals surface area (Å²) in [5, 5.41) is 16.8. The van der Waals surface area contributed by atoms with Gasteiger partial charge in [0.15, 0.2) is 5.84 Å². The molecule has 1 N–H and O–H groups in total. The number of fused-ring (bicyclic) bond motifs is 2. The lowest BCUT2D eigenvalue weighted by Gasteiger charge is -2.20. The van der Waals surface area contributed by atoms with Crippen LogP contribution in [0.5, 0.6) is 5.75 Å². The Bertz CT molecular complexity index is 1700. The maximum atomic E-state index is 13.0. The number of aliphatic imine (C=N–C) groups is 1. The van der Waals surface area contributed by atoms with Crippen molar-refractivity contribution < 1.29 is 9.53 Å². The zero-order chi connectivity index (χ0) is 26.2. The van der Waals surface area contributed by atoms with E-state index in [0.717, 1.165) is 27.8 Å². The topological polar surface area (TPSA) is 83.0 Å². The van der Waals surface area contributed by atoms with Crippen molar-refractivity contribution in [1.82, 2.24) is 9.58 Å². The monoisotopic (exact) mass is 519 g/mol. The van der Waals surface area contributed by atoms with E-state index in [4.69, 9.17) is 10.1 Å². The Hall–Kier alpha value is -4.43. The molecule has 7 nitrogen and oxygen atoms in total. The van der Waals surface area contributed by atoms with Gasteiger partial charge in [-0.2, -0.15) is 15.1 Å². The summed E-state index contributed by atoms with van der Waals surface area (Å²) < 4.78 is 8.09. The number of carbonyl (C=O) groups is 1. The maximum absolute atomic E-state index is 13.0. The first-order valence-corrected chi connectivity index (χ1v) is 13.1. The van der Waals surface area contributed by atoms with E-state index in [9.17, 15) is 4.79 Å². The summed E-state index contributed by atoms with van der Waals surface area (Å²) >= 11 is 1.25. The molecule has 3 aromatic carbocycles. The normalized spacial score (nSPS) is 16.2. The third-order valence-electron chi connectivity index (χ3n) is 6.50. The van der Waals surface area contributed by atoms with Crippen LogP contribution in [-0.2, 0) is 11.3 Å². The van der Waals surface area contributed by atoms with Crippen molar-refractivity contribution in [3.8, 4) is 5.75 Å². The number of hydrogen-bond donors (Lipinski definition) is 1. The van der Waals surface area contributed by atoms with Gasteiger partial charge in [-0.15, -0.1) is 0 Å². The van der Waals surface area contributed by atoms with Crippen LogP contribution in [0.3, 0.4) is 0 Å². The molecule has 0 saturated carbocycles. The molecule has 1 aromatic heterocycles. The molecule has 0 bridgehead atoms. The Kier molecular flexibility index (Phi) is 6.17. The second-order valence-electron chi connectivity index (χ2n) is 9.29. The number of ether oxygens (including phenoxy) is 1. The minimum absolute atomic E-state index is 0.00825. The Morgan fingerprint density at radius 1 is 1.03 bits per heavy atom. The van der Waals surface area contributed by atoms with Crippen LogP contribution < -0.4 is 4.74 Å². The van der Waals surface area contributed by atoms with Gasteiger partial charge in [-0.3, -0.25) is 10.2 Å². The number of thioether (sulfide) groups is 1. The van der Waals surface area contributed by atoms with Gasteiger partial charge in [-0.05, 0) is 54.9 Å². The van der Waals surface area contributed by atoms with Crippen LogP contribution in [-0.4, -0.2) is 38.1 Å². The lowest BCUT2D eigenvalue weighted by Crippen LogP contribution is -2.35. The number of aryl methyl sites for hydroxylation is 2. The summed E-state index contributed by atoms with van der Waals surface area (Å²) in [6, 6.07) is 24.3. The molecular formula is C30H25N5O2S. The van der Waals surface area contributed by atoms with Gasteiger partial charge in [-0.1, -0.05) is 66.2 Å². The van der Waals surface area contributed by atoms with Crippen LogP contribution in [0.1, 0.15) is 22.3 Å². The predicted molar refractivity (Wildman–Crippen MR) is 154 cm³/mol. The fourth-order valence-electron chi connectivity index (χ4n) is 4.63. The van der Waals surface area contributed by atoms with Gasteiger partial charge in [0, 0.05) is 29.2 Å². The second kappa shape index (κ2) is 9.79. The Balaban J connectivity index is 1.28. The highest BCUT2D eigenvalue weighted by Crippen LogP contribution is 2.31. The van der Waals surface area contributed by atoms with E-state index < -0.39 is 5.91 Å². The highest BCUT2D eigenvalue weighted by molar-refractivity contribution is 8.27. The zero-order valence-electron chi connectivity index (χ0n) is 21.0. The molecule has 188 valence electrons. The van der Waals surface area contributed by atoms with Gasteiger partial charge in [0.05, 0.1) is 5.57 Å². The van der Waals surface area contributed by atoms with E-state index in [1.807, 2.05) is 55.6 Å². The Morgan fingerprint density at radius 2 is 1.84 bits per heavy atom. The molecule has 0 saturated heterocycles. The minimum Gasteiger partial charge on any atom is -0.486 e. The van der Waals surface area contributed by atoms with Gasteiger partial charge >= 0.3 is 0 Å². The third kappa shape index (κ3) is 4.54. The maximum Gasteiger partial charge on any atom is 0.283 e. The molecule has 6 rings (SSSR count). The predicted octanol–water partition coefficient (Wildman–Crippen LogP) is 6.00. The van der Waals surface area contributed by atoms with Gasteiger partial charge in [-0.25, -0.2) is 0 Å². The molecule has 0 unspecified atom stereocenters. The van der Waals surface area contributed by atoms with Crippen molar-refractivity contribution >= 4 is 50.7 Å². The fourth-order valence-corrected chi connectivity index (χ4v) is 5.43.